The average molecular weight is 547 g/mol. The number of benzene rings is 2. The van der Waals surface area contributed by atoms with Crippen molar-refractivity contribution in [1.29, 1.82) is 0 Å². The third-order valence-electron chi connectivity index (χ3n) is 8.91. The van der Waals surface area contributed by atoms with Gasteiger partial charge in [-0.15, -0.1) is 0 Å². The van der Waals surface area contributed by atoms with E-state index in [1.807, 2.05) is 25.3 Å². The molecule has 1 aliphatic carbocycles. The number of aliphatic hydroxyl groups is 2. The highest BCUT2D eigenvalue weighted by Gasteiger charge is 2.34. The summed E-state index contributed by atoms with van der Waals surface area (Å²) in [5.41, 5.74) is 6.63. The van der Waals surface area contributed by atoms with E-state index in [1.54, 1.807) is 18.9 Å². The number of fused-ring (bicyclic) bond motifs is 1. The highest BCUT2D eigenvalue weighted by atomic mass is 16.5. The van der Waals surface area contributed by atoms with Crippen molar-refractivity contribution in [2.24, 2.45) is 0 Å². The first-order chi connectivity index (χ1) is 19.5. The molecule has 1 saturated heterocycles. The first-order valence-electron chi connectivity index (χ1n) is 14.8. The zero-order valence-corrected chi connectivity index (χ0v) is 24.8. The summed E-state index contributed by atoms with van der Waals surface area (Å²) in [6.45, 7) is 6.52. The van der Waals surface area contributed by atoms with E-state index in [0.717, 1.165) is 97.4 Å². The first kappa shape index (κ1) is 28.2. The zero-order valence-electron chi connectivity index (χ0n) is 24.8. The number of aromatic nitrogens is 2. The zero-order chi connectivity index (χ0) is 28.3. The van der Waals surface area contributed by atoms with E-state index >= 15 is 0 Å². The van der Waals surface area contributed by atoms with Gasteiger partial charge in [-0.05, 0) is 73.9 Å². The van der Waals surface area contributed by atoms with Crippen LogP contribution < -0.4 is 19.9 Å². The molecule has 0 amide bonds. The van der Waals surface area contributed by atoms with Gasteiger partial charge in [0.05, 0.1) is 25.6 Å². The van der Waals surface area contributed by atoms with Crippen LogP contribution in [0, 0.1) is 0 Å². The van der Waals surface area contributed by atoms with Gasteiger partial charge in [-0.2, -0.15) is 9.78 Å². The minimum Gasteiger partial charge on any atom is -0.497 e. The van der Waals surface area contributed by atoms with Crippen molar-refractivity contribution in [3.63, 3.8) is 0 Å². The third kappa shape index (κ3) is 5.36. The summed E-state index contributed by atoms with van der Waals surface area (Å²) in [5, 5.41) is 5.14. The SMILES string of the molecule is CCCC(CC)(Cc1ccc(N2CCCC2)cc1-n1nc(-c2cc(OC)cc(OC)c2)c2c(c1=O)CCC2)[OH+]C. The second-order valence-electron chi connectivity index (χ2n) is 11.2. The van der Waals surface area contributed by atoms with Gasteiger partial charge in [0.2, 0.25) is 0 Å². The lowest BCUT2D eigenvalue weighted by atomic mass is 9.86. The van der Waals surface area contributed by atoms with Crippen LogP contribution in [-0.2, 0) is 19.3 Å². The van der Waals surface area contributed by atoms with Gasteiger partial charge < -0.3 is 19.1 Å². The fourth-order valence-corrected chi connectivity index (χ4v) is 6.54. The number of methoxy groups -OCH3 is 2. The molecule has 7 nitrogen and oxygen atoms in total. The molecule has 7 heteroatoms. The maximum absolute atomic E-state index is 14.1. The highest BCUT2D eigenvalue weighted by Crippen LogP contribution is 2.36. The molecule has 1 N–H and O–H groups in total. The fourth-order valence-electron chi connectivity index (χ4n) is 6.54. The van der Waals surface area contributed by atoms with Crippen LogP contribution >= 0.6 is 0 Å². The first-order valence-corrected chi connectivity index (χ1v) is 14.8. The minimum absolute atomic E-state index is 0.00281. The Morgan fingerprint density at radius 2 is 1.65 bits per heavy atom. The van der Waals surface area contributed by atoms with Crippen LogP contribution in [0.2, 0.25) is 0 Å². The molecule has 5 rings (SSSR count). The normalized spacial score (nSPS) is 16.2. The standard InChI is InChI=1S/C33H43N3O4/c1-6-15-33(7-2,40-5)22-23-13-14-25(35-16-8-9-17-35)20-30(23)36-32(37)29-12-10-11-28(29)31(34-36)24-18-26(38-3)21-27(19-24)39-4/h13-14,18-21H,6-12,15-17,22H2,1-5H3/p+1. The molecule has 0 radical (unpaired) electrons. The van der Waals surface area contributed by atoms with Crippen LogP contribution in [0.3, 0.4) is 0 Å². The number of hydrogen-bond donors (Lipinski definition) is 0. The van der Waals surface area contributed by atoms with Gasteiger partial charge in [0, 0.05) is 55.2 Å². The number of ether oxygens (including phenoxy) is 3. The van der Waals surface area contributed by atoms with Crippen molar-refractivity contribution in [2.45, 2.75) is 77.2 Å². The lowest BCUT2D eigenvalue weighted by Gasteiger charge is -2.29. The van der Waals surface area contributed by atoms with Crippen molar-refractivity contribution in [3.8, 4) is 28.4 Å². The van der Waals surface area contributed by atoms with Crippen LogP contribution in [0.15, 0.2) is 41.2 Å². The predicted octanol–water partition coefficient (Wildman–Crippen LogP) is 5.65. The number of anilines is 1. The Labute approximate surface area is 238 Å². The van der Waals surface area contributed by atoms with Crippen molar-refractivity contribution in [1.82, 2.24) is 9.78 Å². The Kier molecular flexibility index (Phi) is 8.50. The van der Waals surface area contributed by atoms with E-state index in [-0.39, 0.29) is 11.2 Å². The van der Waals surface area contributed by atoms with Crippen molar-refractivity contribution < 1.29 is 14.2 Å². The molecule has 1 fully saturated rings. The average Bonchev–Trinajstić information content (AvgIpc) is 3.71. The van der Waals surface area contributed by atoms with Crippen LogP contribution in [-0.4, -0.2) is 54.5 Å². The summed E-state index contributed by atoms with van der Waals surface area (Å²) in [6.07, 6.45) is 8.75. The van der Waals surface area contributed by atoms with Crippen molar-refractivity contribution >= 4 is 5.69 Å². The molecule has 2 heterocycles. The Hall–Kier alpha value is -3.32. The Balaban J connectivity index is 1.73. The smallest absolute Gasteiger partial charge is 0.275 e. The molecule has 3 aromatic rings. The molecular formula is C33H44N3O4+. The van der Waals surface area contributed by atoms with Crippen LogP contribution in [0.1, 0.15) is 69.1 Å². The summed E-state index contributed by atoms with van der Waals surface area (Å²) >= 11 is 0. The second-order valence-corrected chi connectivity index (χ2v) is 11.2. The molecule has 0 saturated carbocycles. The van der Waals surface area contributed by atoms with E-state index in [1.165, 1.54) is 12.8 Å². The highest BCUT2D eigenvalue weighted by molar-refractivity contribution is 5.69. The summed E-state index contributed by atoms with van der Waals surface area (Å²) in [5.74, 6) is 1.41. The molecule has 1 atom stereocenters. The molecule has 1 unspecified atom stereocenters. The summed E-state index contributed by atoms with van der Waals surface area (Å²) < 4.78 is 17.7. The number of rotatable bonds is 11. The van der Waals surface area contributed by atoms with Gasteiger partial charge in [-0.25, -0.2) is 0 Å². The Morgan fingerprint density at radius 1 is 0.950 bits per heavy atom. The summed E-state index contributed by atoms with van der Waals surface area (Å²) in [7, 11) is 5.25. The van der Waals surface area contributed by atoms with Crippen molar-refractivity contribution in [3.05, 3.63) is 63.4 Å². The number of nitrogens with zero attached hydrogens (tertiary/aromatic N) is 3. The predicted molar refractivity (Wildman–Crippen MR) is 162 cm³/mol. The number of hydrogen-bond acceptors (Lipinski definition) is 5. The summed E-state index contributed by atoms with van der Waals surface area (Å²) in [4.78, 5) is 16.5. The van der Waals surface area contributed by atoms with Crippen LogP contribution in [0.25, 0.3) is 16.9 Å². The quantitative estimate of drug-likeness (QED) is 0.291. The van der Waals surface area contributed by atoms with Gasteiger partial charge in [0.1, 0.15) is 18.6 Å². The Bertz CT molecular complexity index is 1380. The molecule has 214 valence electrons. The van der Waals surface area contributed by atoms with Gasteiger partial charge >= 0.3 is 0 Å². The summed E-state index contributed by atoms with van der Waals surface area (Å²) in [6, 6.07) is 12.5. The lowest BCUT2D eigenvalue weighted by molar-refractivity contribution is -0.155. The Morgan fingerprint density at radius 3 is 2.27 bits per heavy atom. The molecule has 1 aliphatic heterocycles. The van der Waals surface area contributed by atoms with E-state index in [4.69, 9.17) is 19.3 Å². The largest absolute Gasteiger partial charge is 0.497 e. The fraction of sp³-hybridized carbons (Fsp3) is 0.515. The van der Waals surface area contributed by atoms with E-state index in [0.29, 0.717) is 11.5 Å². The van der Waals surface area contributed by atoms with Gasteiger partial charge in [-0.1, -0.05) is 19.9 Å². The monoisotopic (exact) mass is 546 g/mol. The van der Waals surface area contributed by atoms with E-state index < -0.39 is 0 Å². The molecule has 2 aromatic carbocycles. The third-order valence-corrected chi connectivity index (χ3v) is 8.91. The van der Waals surface area contributed by atoms with Crippen LogP contribution in [0.4, 0.5) is 5.69 Å². The molecule has 1 aromatic heterocycles. The maximum Gasteiger partial charge on any atom is 0.275 e. The van der Waals surface area contributed by atoms with Gasteiger partial charge in [0.15, 0.2) is 5.60 Å². The maximum atomic E-state index is 14.1. The molecule has 0 spiro atoms. The molecule has 40 heavy (non-hydrogen) atoms. The van der Waals surface area contributed by atoms with E-state index in [2.05, 4.69) is 36.9 Å². The van der Waals surface area contributed by atoms with Gasteiger partial charge in [0.25, 0.3) is 5.56 Å². The van der Waals surface area contributed by atoms with Crippen molar-refractivity contribution in [2.75, 3.05) is 39.3 Å². The lowest BCUT2D eigenvalue weighted by Crippen LogP contribution is -2.37. The topological polar surface area (TPSA) is 69.4 Å². The molecule has 0 bridgehead atoms. The molecule has 2 aliphatic rings. The molecular weight excluding hydrogens is 502 g/mol. The van der Waals surface area contributed by atoms with Crippen LogP contribution in [0.5, 0.6) is 11.5 Å². The van der Waals surface area contributed by atoms with Gasteiger partial charge in [-0.3, -0.25) is 4.79 Å². The minimum atomic E-state index is -0.165. The van der Waals surface area contributed by atoms with E-state index in [9.17, 15) is 4.79 Å². The second kappa shape index (κ2) is 12.0.